The standard InChI is InChI=1S/C17H21NO4/c1-16(2)7-9-6-11(21-5)14-10(8-17(3,4)22-14)12(9)13(18-16)15(19)20/h6H,7-8H2,1-5H3,(H,19,20). The second-order valence-corrected chi connectivity index (χ2v) is 7.21. The molecule has 118 valence electrons. The molecule has 1 aromatic carbocycles. The van der Waals surface area contributed by atoms with Crippen LogP contribution in [-0.2, 0) is 17.6 Å². The lowest BCUT2D eigenvalue weighted by Gasteiger charge is -2.29. The minimum absolute atomic E-state index is 0.131. The molecule has 0 fully saturated rings. The fourth-order valence-corrected chi connectivity index (χ4v) is 3.38. The van der Waals surface area contributed by atoms with Crippen LogP contribution in [0.25, 0.3) is 0 Å². The number of methoxy groups -OCH3 is 1. The highest BCUT2D eigenvalue weighted by atomic mass is 16.5. The van der Waals surface area contributed by atoms with Gasteiger partial charge in [-0.15, -0.1) is 0 Å². The number of rotatable bonds is 2. The molecule has 0 aliphatic carbocycles. The van der Waals surface area contributed by atoms with Gasteiger partial charge in [0.05, 0.1) is 12.6 Å². The van der Waals surface area contributed by atoms with Gasteiger partial charge < -0.3 is 14.6 Å². The molecule has 1 aromatic rings. The Hall–Kier alpha value is -2.04. The number of benzene rings is 1. The van der Waals surface area contributed by atoms with Crippen molar-refractivity contribution in [3.63, 3.8) is 0 Å². The van der Waals surface area contributed by atoms with Crippen LogP contribution in [0, 0.1) is 0 Å². The van der Waals surface area contributed by atoms with Crippen LogP contribution >= 0.6 is 0 Å². The van der Waals surface area contributed by atoms with Crippen molar-refractivity contribution < 1.29 is 19.4 Å². The first-order valence-electron chi connectivity index (χ1n) is 7.39. The zero-order valence-electron chi connectivity index (χ0n) is 13.6. The van der Waals surface area contributed by atoms with Crippen LogP contribution in [0.1, 0.15) is 44.4 Å². The smallest absolute Gasteiger partial charge is 0.354 e. The molecule has 0 saturated heterocycles. The van der Waals surface area contributed by atoms with E-state index < -0.39 is 11.5 Å². The summed E-state index contributed by atoms with van der Waals surface area (Å²) in [7, 11) is 1.61. The number of aliphatic imine (C=N–C) groups is 1. The van der Waals surface area contributed by atoms with Gasteiger partial charge in [-0.1, -0.05) is 0 Å². The summed E-state index contributed by atoms with van der Waals surface area (Å²) < 4.78 is 11.5. The molecule has 1 N–H and O–H groups in total. The number of carboxylic acids is 1. The zero-order valence-corrected chi connectivity index (χ0v) is 13.6. The van der Waals surface area contributed by atoms with Gasteiger partial charge in [-0.3, -0.25) is 4.99 Å². The quantitative estimate of drug-likeness (QED) is 0.912. The fraction of sp³-hybridized carbons (Fsp3) is 0.529. The first kappa shape index (κ1) is 14.9. The van der Waals surface area contributed by atoms with Crippen LogP contribution in [0.3, 0.4) is 0 Å². The van der Waals surface area contributed by atoms with Crippen LogP contribution in [0.5, 0.6) is 11.5 Å². The summed E-state index contributed by atoms with van der Waals surface area (Å²) in [5, 5.41) is 9.60. The minimum Gasteiger partial charge on any atom is -0.493 e. The highest BCUT2D eigenvalue weighted by molar-refractivity contribution is 6.43. The fourth-order valence-electron chi connectivity index (χ4n) is 3.38. The van der Waals surface area contributed by atoms with Crippen molar-refractivity contribution in [2.75, 3.05) is 7.11 Å². The third-order valence-corrected chi connectivity index (χ3v) is 4.10. The Kier molecular flexibility index (Phi) is 3.03. The highest BCUT2D eigenvalue weighted by Crippen LogP contribution is 2.47. The maximum Gasteiger partial charge on any atom is 0.354 e. The van der Waals surface area contributed by atoms with E-state index in [1.807, 2.05) is 33.8 Å². The van der Waals surface area contributed by atoms with Gasteiger partial charge >= 0.3 is 5.97 Å². The first-order chi connectivity index (χ1) is 10.1. The predicted octanol–water partition coefficient (Wildman–Crippen LogP) is 2.62. The van der Waals surface area contributed by atoms with Crippen molar-refractivity contribution in [1.29, 1.82) is 0 Å². The van der Waals surface area contributed by atoms with Crippen LogP contribution in [0.4, 0.5) is 0 Å². The molecule has 0 radical (unpaired) electrons. The Balaban J connectivity index is 2.29. The molecular weight excluding hydrogens is 282 g/mol. The maximum atomic E-state index is 11.7. The van der Waals surface area contributed by atoms with Crippen LogP contribution in [0.15, 0.2) is 11.1 Å². The number of ether oxygens (including phenoxy) is 2. The molecular formula is C17H21NO4. The number of fused-ring (bicyclic) bond motifs is 3. The van der Waals surface area contributed by atoms with Gasteiger partial charge in [0.25, 0.3) is 0 Å². The molecule has 0 aromatic heterocycles. The summed E-state index contributed by atoms with van der Waals surface area (Å²) >= 11 is 0. The van der Waals surface area contributed by atoms with Gasteiger partial charge in [-0.2, -0.15) is 0 Å². The summed E-state index contributed by atoms with van der Waals surface area (Å²) in [6, 6.07) is 1.90. The third-order valence-electron chi connectivity index (χ3n) is 4.10. The van der Waals surface area contributed by atoms with Crippen LogP contribution < -0.4 is 9.47 Å². The Bertz CT molecular complexity index is 701. The van der Waals surface area contributed by atoms with Gasteiger partial charge in [-0.25, -0.2) is 4.79 Å². The largest absolute Gasteiger partial charge is 0.493 e. The monoisotopic (exact) mass is 303 g/mol. The average molecular weight is 303 g/mol. The van der Waals surface area contributed by atoms with E-state index in [2.05, 4.69) is 4.99 Å². The summed E-state index contributed by atoms with van der Waals surface area (Å²) in [4.78, 5) is 16.2. The van der Waals surface area contributed by atoms with Crippen molar-refractivity contribution in [2.45, 2.75) is 51.7 Å². The highest BCUT2D eigenvalue weighted by Gasteiger charge is 2.40. The molecule has 5 nitrogen and oxygen atoms in total. The molecule has 2 heterocycles. The van der Waals surface area contributed by atoms with Crippen molar-refractivity contribution in [1.82, 2.24) is 0 Å². The van der Waals surface area contributed by atoms with Gasteiger partial charge in [0.2, 0.25) is 0 Å². The summed E-state index contributed by atoms with van der Waals surface area (Å²) in [6.45, 7) is 7.87. The lowest BCUT2D eigenvalue weighted by atomic mass is 9.82. The van der Waals surface area contributed by atoms with E-state index in [0.717, 1.165) is 11.1 Å². The molecule has 5 heteroatoms. The Morgan fingerprint density at radius 3 is 2.59 bits per heavy atom. The van der Waals surface area contributed by atoms with Crippen molar-refractivity contribution in [2.24, 2.45) is 4.99 Å². The van der Waals surface area contributed by atoms with Gasteiger partial charge in [0.1, 0.15) is 5.60 Å². The van der Waals surface area contributed by atoms with E-state index >= 15 is 0 Å². The summed E-state index contributed by atoms with van der Waals surface area (Å²) in [5.41, 5.74) is 1.90. The number of hydrogen-bond donors (Lipinski definition) is 1. The van der Waals surface area contributed by atoms with Crippen molar-refractivity contribution in [3.05, 3.63) is 22.8 Å². The predicted molar refractivity (Wildman–Crippen MR) is 83.4 cm³/mol. The van der Waals surface area contributed by atoms with Crippen molar-refractivity contribution >= 4 is 11.7 Å². The molecule has 0 amide bonds. The minimum atomic E-state index is -0.994. The second kappa shape index (κ2) is 4.48. The molecule has 0 bridgehead atoms. The Morgan fingerprint density at radius 1 is 1.32 bits per heavy atom. The number of carboxylic acid groups (broad SMARTS) is 1. The van der Waals surface area contributed by atoms with Crippen LogP contribution in [0.2, 0.25) is 0 Å². The van der Waals surface area contributed by atoms with E-state index in [-0.39, 0.29) is 11.3 Å². The normalized spacial score (nSPS) is 20.5. The molecule has 3 rings (SSSR count). The summed E-state index contributed by atoms with van der Waals surface area (Å²) in [5.74, 6) is 0.327. The topological polar surface area (TPSA) is 68.1 Å². The molecule has 0 unspecified atom stereocenters. The van der Waals surface area contributed by atoms with Crippen LogP contribution in [-0.4, -0.2) is 35.0 Å². The summed E-state index contributed by atoms with van der Waals surface area (Å²) in [6.07, 6.45) is 1.33. The molecule has 0 saturated carbocycles. The Morgan fingerprint density at radius 2 is 2.00 bits per heavy atom. The third kappa shape index (κ3) is 2.25. The number of nitrogens with zero attached hydrogens (tertiary/aromatic N) is 1. The maximum absolute atomic E-state index is 11.7. The number of carbonyl (C=O) groups is 1. The SMILES string of the molecule is COc1cc2c(c3c1OC(C)(C)C3)C(C(=O)O)=NC(C)(C)C2. The average Bonchev–Trinajstić information content (AvgIpc) is 2.70. The van der Waals surface area contributed by atoms with E-state index in [1.165, 1.54) is 0 Å². The first-order valence-corrected chi connectivity index (χ1v) is 7.39. The van der Waals surface area contributed by atoms with Gasteiger partial charge in [-0.05, 0) is 45.7 Å². The molecule has 2 aliphatic rings. The zero-order chi connectivity index (χ0) is 16.3. The second-order valence-electron chi connectivity index (χ2n) is 7.21. The lowest BCUT2D eigenvalue weighted by Crippen LogP contribution is -2.33. The Labute approximate surface area is 130 Å². The molecule has 2 aliphatic heterocycles. The van der Waals surface area contributed by atoms with E-state index in [4.69, 9.17) is 9.47 Å². The number of hydrogen-bond acceptors (Lipinski definition) is 4. The number of aliphatic carboxylic acids is 1. The van der Waals surface area contributed by atoms with Gasteiger partial charge in [0, 0.05) is 17.5 Å². The van der Waals surface area contributed by atoms with E-state index in [1.54, 1.807) is 7.11 Å². The molecule has 0 spiro atoms. The van der Waals surface area contributed by atoms with E-state index in [9.17, 15) is 9.90 Å². The van der Waals surface area contributed by atoms with E-state index in [0.29, 0.717) is 29.9 Å². The van der Waals surface area contributed by atoms with Crippen molar-refractivity contribution in [3.8, 4) is 11.5 Å². The van der Waals surface area contributed by atoms with Gasteiger partial charge in [0.15, 0.2) is 17.2 Å². The lowest BCUT2D eigenvalue weighted by molar-refractivity contribution is -0.129. The molecule has 0 atom stereocenters. The molecule has 22 heavy (non-hydrogen) atoms.